The Morgan fingerprint density at radius 2 is 2.06 bits per heavy atom. The maximum absolute atomic E-state index is 11.8. The van der Waals surface area contributed by atoms with Gasteiger partial charge in [-0.15, -0.1) is 0 Å². The molecule has 0 saturated heterocycles. The van der Waals surface area contributed by atoms with Gasteiger partial charge in [-0.05, 0) is 39.1 Å². The Kier molecular flexibility index (Phi) is 3.24. The zero-order valence-corrected chi connectivity index (χ0v) is 10.1. The van der Waals surface area contributed by atoms with Crippen LogP contribution in [0, 0.1) is 6.92 Å². The average molecular weight is 232 g/mol. The number of hydrogen-bond donors (Lipinski definition) is 1. The Hall–Kier alpha value is -1.68. The summed E-state index contributed by atoms with van der Waals surface area (Å²) in [5, 5.41) is 3.03. The summed E-state index contributed by atoms with van der Waals surface area (Å²) in [5.41, 5.74) is 2.29. The van der Waals surface area contributed by atoms with Gasteiger partial charge in [-0.2, -0.15) is 0 Å². The molecule has 0 aromatic heterocycles. The number of aryl methyl sites for hydroxylation is 1. The van der Waals surface area contributed by atoms with Crippen molar-refractivity contribution < 1.29 is 9.59 Å². The number of ketones is 1. The molecule has 0 atom stereocenters. The third-order valence-corrected chi connectivity index (χ3v) is 2.94. The molecule has 17 heavy (non-hydrogen) atoms. The van der Waals surface area contributed by atoms with Gasteiger partial charge in [0.25, 0.3) is 11.7 Å². The van der Waals surface area contributed by atoms with Gasteiger partial charge in [0, 0.05) is 6.54 Å². The first-order valence-electron chi connectivity index (χ1n) is 5.76. The van der Waals surface area contributed by atoms with Crippen LogP contribution in [0.2, 0.25) is 0 Å². The molecule has 1 aromatic carbocycles. The maximum atomic E-state index is 11.8. The highest BCUT2D eigenvalue weighted by Crippen LogP contribution is 2.29. The molecule has 0 unspecified atom stereocenters. The van der Waals surface area contributed by atoms with Gasteiger partial charge in [-0.1, -0.05) is 11.6 Å². The Labute approximate surface area is 101 Å². The molecule has 1 amide bonds. The summed E-state index contributed by atoms with van der Waals surface area (Å²) in [6, 6.07) is 5.57. The maximum Gasteiger partial charge on any atom is 0.299 e. The minimum absolute atomic E-state index is 0.381. The average Bonchev–Trinajstić information content (AvgIpc) is 2.54. The van der Waals surface area contributed by atoms with E-state index in [4.69, 9.17) is 0 Å². The number of carbonyl (C=O) groups is 2. The van der Waals surface area contributed by atoms with Gasteiger partial charge in [0.05, 0.1) is 11.3 Å². The Morgan fingerprint density at radius 1 is 1.29 bits per heavy atom. The Morgan fingerprint density at radius 3 is 2.76 bits per heavy atom. The molecule has 1 aliphatic rings. The molecule has 0 bridgehead atoms. The lowest BCUT2D eigenvalue weighted by Crippen LogP contribution is -2.32. The summed E-state index contributed by atoms with van der Waals surface area (Å²) < 4.78 is 0. The fraction of sp³-hybridized carbons (Fsp3) is 0.385. The first kappa shape index (κ1) is 11.8. The molecule has 0 aliphatic carbocycles. The van der Waals surface area contributed by atoms with Crippen LogP contribution in [0.1, 0.15) is 22.3 Å². The van der Waals surface area contributed by atoms with E-state index < -0.39 is 5.91 Å². The fourth-order valence-electron chi connectivity index (χ4n) is 2.05. The molecule has 1 N–H and O–H groups in total. The van der Waals surface area contributed by atoms with Crippen molar-refractivity contribution in [1.29, 1.82) is 0 Å². The van der Waals surface area contributed by atoms with E-state index in [1.807, 2.05) is 26.1 Å². The smallest absolute Gasteiger partial charge is 0.299 e. The summed E-state index contributed by atoms with van der Waals surface area (Å²) in [4.78, 5) is 25.2. The van der Waals surface area contributed by atoms with Crippen LogP contribution in [0.5, 0.6) is 0 Å². The van der Waals surface area contributed by atoms with Crippen LogP contribution in [-0.4, -0.2) is 31.8 Å². The molecule has 4 nitrogen and oxygen atoms in total. The van der Waals surface area contributed by atoms with Crippen LogP contribution in [0.25, 0.3) is 0 Å². The van der Waals surface area contributed by atoms with Crippen molar-refractivity contribution >= 4 is 17.4 Å². The molecular weight excluding hydrogens is 216 g/mol. The van der Waals surface area contributed by atoms with Gasteiger partial charge < -0.3 is 10.2 Å². The molecule has 1 aliphatic heterocycles. The van der Waals surface area contributed by atoms with Gasteiger partial charge in [0.15, 0.2) is 0 Å². The number of benzene rings is 1. The molecule has 1 aromatic rings. The van der Waals surface area contributed by atoms with E-state index in [0.29, 0.717) is 12.1 Å². The summed E-state index contributed by atoms with van der Waals surface area (Å²) in [6.07, 6.45) is 0.836. The highest BCUT2D eigenvalue weighted by Gasteiger charge is 2.35. The van der Waals surface area contributed by atoms with Crippen LogP contribution >= 0.6 is 0 Å². The molecule has 4 heteroatoms. The topological polar surface area (TPSA) is 49.4 Å². The standard InChI is InChI=1S/C13H16N2O2/c1-9-4-5-11-10(8-9)12(16)13(17)15(11)7-3-6-14-2/h4-5,8,14H,3,6-7H2,1-2H3. The quantitative estimate of drug-likeness (QED) is 0.625. The minimum atomic E-state index is -0.401. The van der Waals surface area contributed by atoms with Crippen LogP contribution in [0.15, 0.2) is 18.2 Å². The molecule has 0 saturated carbocycles. The van der Waals surface area contributed by atoms with E-state index in [1.54, 1.807) is 11.0 Å². The summed E-state index contributed by atoms with van der Waals surface area (Å²) in [6.45, 7) is 3.34. The van der Waals surface area contributed by atoms with Gasteiger partial charge in [-0.25, -0.2) is 0 Å². The lowest BCUT2D eigenvalue weighted by molar-refractivity contribution is -0.114. The lowest BCUT2D eigenvalue weighted by atomic mass is 10.1. The van der Waals surface area contributed by atoms with Gasteiger partial charge >= 0.3 is 0 Å². The number of nitrogens with one attached hydrogen (secondary N) is 1. The zero-order valence-electron chi connectivity index (χ0n) is 10.1. The fourth-order valence-corrected chi connectivity index (χ4v) is 2.05. The van der Waals surface area contributed by atoms with Crippen molar-refractivity contribution in [3.05, 3.63) is 29.3 Å². The second-order valence-electron chi connectivity index (χ2n) is 4.26. The predicted molar refractivity (Wildman–Crippen MR) is 66.4 cm³/mol. The molecule has 2 rings (SSSR count). The van der Waals surface area contributed by atoms with Crippen molar-refractivity contribution in [2.75, 3.05) is 25.0 Å². The number of carbonyl (C=O) groups excluding carboxylic acids is 2. The van der Waals surface area contributed by atoms with Gasteiger partial charge in [0.1, 0.15) is 0 Å². The largest absolute Gasteiger partial charge is 0.320 e. The number of hydrogen-bond acceptors (Lipinski definition) is 3. The van der Waals surface area contributed by atoms with Crippen LogP contribution in [0.3, 0.4) is 0 Å². The number of rotatable bonds is 4. The van der Waals surface area contributed by atoms with Crippen molar-refractivity contribution in [1.82, 2.24) is 5.32 Å². The SMILES string of the molecule is CNCCCN1C(=O)C(=O)c2cc(C)ccc21. The third kappa shape index (κ3) is 2.08. The summed E-state index contributed by atoms with van der Waals surface area (Å²) in [7, 11) is 1.87. The van der Waals surface area contributed by atoms with Crippen LogP contribution in [0.4, 0.5) is 5.69 Å². The number of amides is 1. The molecular formula is C13H16N2O2. The van der Waals surface area contributed by atoms with E-state index in [1.165, 1.54) is 0 Å². The van der Waals surface area contributed by atoms with Crippen molar-refractivity contribution in [2.45, 2.75) is 13.3 Å². The minimum Gasteiger partial charge on any atom is -0.320 e. The van der Waals surface area contributed by atoms with Crippen molar-refractivity contribution in [3.8, 4) is 0 Å². The zero-order chi connectivity index (χ0) is 12.4. The van der Waals surface area contributed by atoms with Crippen LogP contribution in [-0.2, 0) is 4.79 Å². The first-order chi connectivity index (χ1) is 8.15. The van der Waals surface area contributed by atoms with Gasteiger partial charge in [0.2, 0.25) is 0 Å². The van der Waals surface area contributed by atoms with E-state index in [9.17, 15) is 9.59 Å². The highest BCUT2D eigenvalue weighted by atomic mass is 16.2. The van der Waals surface area contributed by atoms with E-state index in [-0.39, 0.29) is 5.78 Å². The molecule has 90 valence electrons. The number of nitrogens with zero attached hydrogens (tertiary/aromatic N) is 1. The predicted octanol–water partition coefficient (Wildman–Crippen LogP) is 1.13. The third-order valence-electron chi connectivity index (χ3n) is 2.94. The normalized spacial score (nSPS) is 14.4. The van der Waals surface area contributed by atoms with Crippen LogP contribution < -0.4 is 10.2 Å². The monoisotopic (exact) mass is 232 g/mol. The van der Waals surface area contributed by atoms with Crippen molar-refractivity contribution in [3.63, 3.8) is 0 Å². The number of anilines is 1. The summed E-state index contributed by atoms with van der Waals surface area (Å²) >= 11 is 0. The first-order valence-corrected chi connectivity index (χ1v) is 5.76. The molecule has 1 heterocycles. The van der Waals surface area contributed by atoms with E-state index >= 15 is 0 Å². The molecule has 0 spiro atoms. The Bertz CT molecular complexity index is 468. The second kappa shape index (κ2) is 4.67. The highest BCUT2D eigenvalue weighted by molar-refractivity contribution is 6.52. The molecule has 0 radical (unpaired) electrons. The van der Waals surface area contributed by atoms with Gasteiger partial charge in [-0.3, -0.25) is 9.59 Å². The number of fused-ring (bicyclic) bond motifs is 1. The van der Waals surface area contributed by atoms with Crippen molar-refractivity contribution in [2.24, 2.45) is 0 Å². The lowest BCUT2D eigenvalue weighted by Gasteiger charge is -2.16. The molecule has 0 fully saturated rings. The van der Waals surface area contributed by atoms with E-state index in [0.717, 1.165) is 24.2 Å². The second-order valence-corrected chi connectivity index (χ2v) is 4.26. The number of Topliss-reactive ketones (excluding diaryl/α,β-unsaturated/α-hetero) is 1. The van der Waals surface area contributed by atoms with E-state index in [2.05, 4.69) is 5.32 Å². The Balaban J connectivity index is 2.25. The summed E-state index contributed by atoms with van der Waals surface area (Å²) in [5.74, 6) is -0.783.